The van der Waals surface area contributed by atoms with Crippen LogP contribution in [0.5, 0.6) is 0 Å². The molecule has 0 N–H and O–H groups in total. The Hall–Kier alpha value is -1.73. The van der Waals surface area contributed by atoms with E-state index >= 15 is 0 Å². The highest BCUT2D eigenvalue weighted by Gasteiger charge is 2.22. The molecule has 0 radical (unpaired) electrons. The summed E-state index contributed by atoms with van der Waals surface area (Å²) in [7, 11) is 0. The van der Waals surface area contributed by atoms with Gasteiger partial charge in [0, 0.05) is 10.5 Å². The van der Waals surface area contributed by atoms with Crippen LogP contribution in [0.25, 0.3) is 0 Å². The van der Waals surface area contributed by atoms with Gasteiger partial charge in [-0.1, -0.05) is 97.8 Å². The molecule has 0 spiro atoms. The Labute approximate surface area is 221 Å². The average molecular weight is 491 g/mol. The fourth-order valence-electron chi connectivity index (χ4n) is 4.85. The maximum absolute atomic E-state index is 2.46. The van der Waals surface area contributed by atoms with Crippen LogP contribution in [0.3, 0.4) is 0 Å². The number of benzene rings is 2. The second-order valence-electron chi connectivity index (χ2n) is 11.2. The standard InChI is InChI=1S/C34H50S/c1-27(2)15-13-17-29(5)23-33(25-31-19-9-7-10-20-31)35-34(26-32-21-11-8-12-22-32)24-30(6)18-14-16-28(3)4/h7-12,15-16,19-22,29-30,33-34H,13-14,17-18,23-26H2,1-6H3. The van der Waals surface area contributed by atoms with E-state index in [-0.39, 0.29) is 0 Å². The monoisotopic (exact) mass is 490 g/mol. The normalized spacial score (nSPS) is 14.6. The highest BCUT2D eigenvalue weighted by Crippen LogP contribution is 2.34. The van der Waals surface area contributed by atoms with E-state index in [1.165, 1.54) is 73.6 Å². The molecule has 0 aliphatic heterocycles. The molecule has 35 heavy (non-hydrogen) atoms. The van der Waals surface area contributed by atoms with E-state index in [1.54, 1.807) is 0 Å². The van der Waals surface area contributed by atoms with Crippen LogP contribution in [0.1, 0.15) is 91.2 Å². The number of rotatable bonds is 16. The number of thioether (sulfide) groups is 1. The Bertz CT molecular complexity index is 782. The zero-order valence-electron chi connectivity index (χ0n) is 23.3. The van der Waals surface area contributed by atoms with E-state index in [4.69, 9.17) is 0 Å². The highest BCUT2D eigenvalue weighted by molar-refractivity contribution is 8.00. The predicted octanol–water partition coefficient (Wildman–Crippen LogP) is 10.5. The SMILES string of the molecule is CC(C)=CCCC(C)CC(Cc1ccccc1)SC(Cc1ccccc1)CC(C)CCC=C(C)C. The third-order valence-corrected chi connectivity index (χ3v) is 8.24. The van der Waals surface area contributed by atoms with Crippen LogP contribution in [0.2, 0.25) is 0 Å². The first-order valence-corrected chi connectivity index (χ1v) is 14.8. The molecule has 0 nitrogen and oxygen atoms in total. The summed E-state index contributed by atoms with van der Waals surface area (Å²) >= 11 is 2.28. The lowest BCUT2D eigenvalue weighted by atomic mass is 9.95. The first-order chi connectivity index (χ1) is 16.8. The summed E-state index contributed by atoms with van der Waals surface area (Å²) in [6, 6.07) is 22.3. The van der Waals surface area contributed by atoms with Crippen LogP contribution in [-0.2, 0) is 12.8 Å². The minimum atomic E-state index is 0.665. The van der Waals surface area contributed by atoms with Crippen molar-refractivity contribution in [3.05, 3.63) is 95.1 Å². The van der Waals surface area contributed by atoms with E-state index in [0.717, 1.165) is 11.8 Å². The smallest absolute Gasteiger partial charge is 0.00928 e. The molecule has 2 aromatic carbocycles. The maximum atomic E-state index is 2.46. The van der Waals surface area contributed by atoms with E-state index in [9.17, 15) is 0 Å². The van der Waals surface area contributed by atoms with Crippen LogP contribution < -0.4 is 0 Å². The largest absolute Gasteiger partial charge is 0.154 e. The molecule has 1 heteroatoms. The Morgan fingerprint density at radius 3 is 1.34 bits per heavy atom. The van der Waals surface area contributed by atoms with Gasteiger partial charge in [0.2, 0.25) is 0 Å². The quantitative estimate of drug-likeness (QED) is 0.211. The molecule has 0 heterocycles. The maximum Gasteiger partial charge on any atom is 0.00928 e. The van der Waals surface area contributed by atoms with Crippen molar-refractivity contribution in [1.82, 2.24) is 0 Å². The minimum Gasteiger partial charge on any atom is -0.154 e. The van der Waals surface area contributed by atoms with Crippen molar-refractivity contribution in [2.45, 2.75) is 103 Å². The highest BCUT2D eigenvalue weighted by atomic mass is 32.2. The predicted molar refractivity (Wildman–Crippen MR) is 160 cm³/mol. The van der Waals surface area contributed by atoms with Gasteiger partial charge in [-0.15, -0.1) is 0 Å². The lowest BCUT2D eigenvalue weighted by molar-refractivity contribution is 0.473. The van der Waals surface area contributed by atoms with Crippen molar-refractivity contribution in [2.24, 2.45) is 11.8 Å². The van der Waals surface area contributed by atoms with Crippen LogP contribution in [-0.4, -0.2) is 10.5 Å². The minimum absolute atomic E-state index is 0.665. The van der Waals surface area contributed by atoms with Gasteiger partial charge in [-0.05, 0) is 102 Å². The number of hydrogen-bond acceptors (Lipinski definition) is 1. The Morgan fingerprint density at radius 2 is 1.00 bits per heavy atom. The molecule has 0 aromatic heterocycles. The second kappa shape index (κ2) is 16.9. The Kier molecular flexibility index (Phi) is 14.2. The molecular formula is C34H50S. The van der Waals surface area contributed by atoms with E-state index in [1.807, 2.05) is 0 Å². The van der Waals surface area contributed by atoms with E-state index < -0.39 is 0 Å². The summed E-state index contributed by atoms with van der Waals surface area (Å²) in [5, 5.41) is 1.33. The van der Waals surface area contributed by atoms with Gasteiger partial charge in [0.25, 0.3) is 0 Å². The molecule has 4 unspecified atom stereocenters. The van der Waals surface area contributed by atoms with Gasteiger partial charge >= 0.3 is 0 Å². The van der Waals surface area contributed by atoms with Crippen LogP contribution >= 0.6 is 11.8 Å². The van der Waals surface area contributed by atoms with Crippen molar-refractivity contribution >= 4 is 11.8 Å². The molecule has 0 amide bonds. The summed E-state index contributed by atoms with van der Waals surface area (Å²) in [5.74, 6) is 1.50. The summed E-state index contributed by atoms with van der Waals surface area (Å²) in [6.07, 6.45) is 14.8. The molecule has 0 fully saturated rings. The third kappa shape index (κ3) is 13.8. The summed E-state index contributed by atoms with van der Waals surface area (Å²) in [6.45, 7) is 13.8. The van der Waals surface area contributed by atoms with Gasteiger partial charge < -0.3 is 0 Å². The fourth-order valence-corrected chi connectivity index (χ4v) is 6.85. The van der Waals surface area contributed by atoms with Gasteiger partial charge in [0.15, 0.2) is 0 Å². The Balaban J connectivity index is 2.12. The molecule has 2 rings (SSSR count). The first-order valence-electron chi connectivity index (χ1n) is 13.8. The second-order valence-corrected chi connectivity index (χ2v) is 12.8. The molecule has 0 saturated heterocycles. The lowest BCUT2D eigenvalue weighted by Gasteiger charge is -2.28. The van der Waals surface area contributed by atoms with Crippen molar-refractivity contribution in [3.63, 3.8) is 0 Å². The van der Waals surface area contributed by atoms with E-state index in [2.05, 4.69) is 126 Å². The molecule has 0 aliphatic rings. The Morgan fingerprint density at radius 1 is 0.629 bits per heavy atom. The fraction of sp³-hybridized carbons (Fsp3) is 0.529. The van der Waals surface area contributed by atoms with Crippen molar-refractivity contribution < 1.29 is 0 Å². The van der Waals surface area contributed by atoms with E-state index in [0.29, 0.717) is 10.5 Å². The molecular weight excluding hydrogens is 440 g/mol. The topological polar surface area (TPSA) is 0 Å². The van der Waals surface area contributed by atoms with Gasteiger partial charge in [-0.3, -0.25) is 0 Å². The first kappa shape index (κ1) is 29.5. The van der Waals surface area contributed by atoms with Crippen LogP contribution in [0.15, 0.2) is 84.0 Å². The summed E-state index contributed by atoms with van der Waals surface area (Å²) in [5.41, 5.74) is 5.85. The molecule has 2 aromatic rings. The van der Waals surface area contributed by atoms with Gasteiger partial charge in [0.1, 0.15) is 0 Å². The van der Waals surface area contributed by atoms with Gasteiger partial charge in [0.05, 0.1) is 0 Å². The molecule has 0 bridgehead atoms. The summed E-state index contributed by atoms with van der Waals surface area (Å²) in [4.78, 5) is 0. The zero-order valence-corrected chi connectivity index (χ0v) is 24.1. The molecule has 192 valence electrons. The van der Waals surface area contributed by atoms with Crippen molar-refractivity contribution in [1.29, 1.82) is 0 Å². The third-order valence-electron chi connectivity index (χ3n) is 6.75. The van der Waals surface area contributed by atoms with Crippen molar-refractivity contribution in [2.75, 3.05) is 0 Å². The lowest BCUT2D eigenvalue weighted by Crippen LogP contribution is -2.20. The molecule has 0 aliphatic carbocycles. The molecule has 0 saturated carbocycles. The van der Waals surface area contributed by atoms with Crippen LogP contribution in [0, 0.1) is 11.8 Å². The van der Waals surface area contributed by atoms with Gasteiger partial charge in [-0.2, -0.15) is 11.8 Å². The van der Waals surface area contributed by atoms with Crippen LogP contribution in [0.4, 0.5) is 0 Å². The molecule has 4 atom stereocenters. The zero-order chi connectivity index (χ0) is 25.5. The number of allylic oxidation sites excluding steroid dienone is 4. The van der Waals surface area contributed by atoms with Gasteiger partial charge in [-0.25, -0.2) is 0 Å². The number of hydrogen-bond donors (Lipinski definition) is 0. The van der Waals surface area contributed by atoms with Crippen molar-refractivity contribution in [3.8, 4) is 0 Å². The summed E-state index contributed by atoms with van der Waals surface area (Å²) < 4.78 is 0. The average Bonchev–Trinajstić information content (AvgIpc) is 2.79.